The SMILES string of the molecule is COc1cc(C(=O)N2CCCC2(C)c2nc3cc(C)c(C)cc3[nH]2)c(-n2nccn2)cc1OC. The van der Waals surface area contributed by atoms with E-state index in [9.17, 15) is 4.79 Å². The number of carbonyl (C=O) groups is 1. The van der Waals surface area contributed by atoms with Crippen LogP contribution in [0.1, 0.15) is 47.1 Å². The Labute approximate surface area is 197 Å². The van der Waals surface area contributed by atoms with E-state index in [-0.39, 0.29) is 5.91 Å². The summed E-state index contributed by atoms with van der Waals surface area (Å²) >= 11 is 0. The first-order valence-electron chi connectivity index (χ1n) is 11.3. The Kier molecular flexibility index (Phi) is 5.27. The molecule has 0 radical (unpaired) electrons. The Morgan fingerprint density at radius 1 is 1.03 bits per heavy atom. The molecule has 9 heteroatoms. The first kappa shape index (κ1) is 21.9. The highest BCUT2D eigenvalue weighted by Crippen LogP contribution is 2.41. The molecular formula is C25H28N6O3. The molecule has 2 aromatic heterocycles. The second kappa shape index (κ2) is 8.16. The molecule has 9 nitrogen and oxygen atoms in total. The summed E-state index contributed by atoms with van der Waals surface area (Å²) in [5.74, 6) is 1.62. The van der Waals surface area contributed by atoms with E-state index in [0.29, 0.717) is 29.3 Å². The van der Waals surface area contributed by atoms with Gasteiger partial charge in [0.15, 0.2) is 11.5 Å². The molecule has 2 aromatic carbocycles. The number of hydrogen-bond acceptors (Lipinski definition) is 6. The van der Waals surface area contributed by atoms with Crippen LogP contribution in [0, 0.1) is 13.8 Å². The van der Waals surface area contributed by atoms with Crippen LogP contribution in [0.5, 0.6) is 11.5 Å². The number of aryl methyl sites for hydroxylation is 2. The van der Waals surface area contributed by atoms with Crippen molar-refractivity contribution >= 4 is 16.9 Å². The summed E-state index contributed by atoms with van der Waals surface area (Å²) in [4.78, 5) is 25.8. The van der Waals surface area contributed by atoms with E-state index in [1.165, 1.54) is 15.9 Å². The van der Waals surface area contributed by atoms with Crippen LogP contribution in [0.25, 0.3) is 16.7 Å². The van der Waals surface area contributed by atoms with Gasteiger partial charge in [0.05, 0.1) is 48.7 Å². The number of amides is 1. The fourth-order valence-corrected chi connectivity index (χ4v) is 4.75. The lowest BCUT2D eigenvalue weighted by molar-refractivity contribution is 0.0605. The number of ether oxygens (including phenoxy) is 2. The van der Waals surface area contributed by atoms with Gasteiger partial charge in [-0.25, -0.2) is 4.98 Å². The second-order valence-electron chi connectivity index (χ2n) is 8.92. The number of imidazole rings is 1. The zero-order chi connectivity index (χ0) is 24.0. The Bertz CT molecular complexity index is 1340. The number of nitrogens with zero attached hydrogens (tertiary/aromatic N) is 5. The molecule has 1 saturated heterocycles. The van der Waals surface area contributed by atoms with Crippen molar-refractivity contribution in [3.8, 4) is 17.2 Å². The van der Waals surface area contributed by atoms with Crippen LogP contribution < -0.4 is 9.47 Å². The second-order valence-corrected chi connectivity index (χ2v) is 8.92. The van der Waals surface area contributed by atoms with Crippen molar-refractivity contribution in [1.29, 1.82) is 0 Å². The lowest BCUT2D eigenvalue weighted by atomic mass is 9.97. The minimum atomic E-state index is -0.583. The summed E-state index contributed by atoms with van der Waals surface area (Å²) < 4.78 is 11.0. The van der Waals surface area contributed by atoms with E-state index in [4.69, 9.17) is 14.5 Å². The number of aromatic nitrogens is 5. The van der Waals surface area contributed by atoms with E-state index in [0.717, 1.165) is 29.7 Å². The van der Waals surface area contributed by atoms with E-state index >= 15 is 0 Å². The van der Waals surface area contributed by atoms with Crippen LogP contribution >= 0.6 is 0 Å². The van der Waals surface area contributed by atoms with Crippen LogP contribution in [0.2, 0.25) is 0 Å². The fraction of sp³-hybridized carbons (Fsp3) is 0.360. The maximum absolute atomic E-state index is 14.1. The predicted octanol–water partition coefficient (Wildman–Crippen LogP) is 3.93. The quantitative estimate of drug-likeness (QED) is 0.485. The fourth-order valence-electron chi connectivity index (χ4n) is 4.75. The van der Waals surface area contributed by atoms with Crippen molar-refractivity contribution in [1.82, 2.24) is 29.9 Å². The number of likely N-dealkylation sites (tertiary alicyclic amines) is 1. The standard InChI is InChI=1S/C25H28N6O3/c1-15-11-18-19(12-16(15)2)29-24(28-18)25(3)7-6-10-30(25)23(32)17-13-21(33-4)22(34-5)14-20(17)31-26-8-9-27-31/h8-9,11-14H,6-7,10H2,1-5H3,(H,28,29). The van der Waals surface area contributed by atoms with Crippen molar-refractivity contribution in [3.05, 3.63) is 59.2 Å². The highest BCUT2D eigenvalue weighted by Gasteiger charge is 2.44. The monoisotopic (exact) mass is 460 g/mol. The summed E-state index contributed by atoms with van der Waals surface area (Å²) in [6.45, 7) is 6.86. The third kappa shape index (κ3) is 3.39. The molecule has 1 aliphatic heterocycles. The first-order chi connectivity index (χ1) is 16.4. The zero-order valence-corrected chi connectivity index (χ0v) is 20.0. The Hall–Kier alpha value is -3.88. The molecular weight excluding hydrogens is 432 g/mol. The molecule has 1 atom stereocenters. The lowest BCUT2D eigenvalue weighted by Gasteiger charge is -2.34. The summed E-state index contributed by atoms with van der Waals surface area (Å²) in [6, 6.07) is 7.63. The van der Waals surface area contributed by atoms with Crippen LogP contribution in [0.15, 0.2) is 36.7 Å². The molecule has 3 heterocycles. The van der Waals surface area contributed by atoms with Gasteiger partial charge < -0.3 is 19.4 Å². The molecule has 1 N–H and O–H groups in total. The minimum absolute atomic E-state index is 0.138. The van der Waals surface area contributed by atoms with E-state index in [1.807, 2.05) is 4.90 Å². The number of methoxy groups -OCH3 is 2. The van der Waals surface area contributed by atoms with Crippen molar-refractivity contribution in [2.24, 2.45) is 0 Å². The molecule has 4 aromatic rings. The summed E-state index contributed by atoms with van der Waals surface area (Å²) in [7, 11) is 3.11. The normalized spacial score (nSPS) is 18.0. The highest BCUT2D eigenvalue weighted by atomic mass is 16.5. The van der Waals surface area contributed by atoms with Gasteiger partial charge in [-0.3, -0.25) is 4.79 Å². The molecule has 1 amide bonds. The molecule has 1 unspecified atom stereocenters. The van der Waals surface area contributed by atoms with Crippen LogP contribution in [-0.2, 0) is 5.54 Å². The van der Waals surface area contributed by atoms with Gasteiger partial charge in [0.1, 0.15) is 11.5 Å². The van der Waals surface area contributed by atoms with Gasteiger partial charge in [-0.2, -0.15) is 15.0 Å². The van der Waals surface area contributed by atoms with Crippen molar-refractivity contribution in [2.45, 2.75) is 39.2 Å². The van der Waals surface area contributed by atoms with Gasteiger partial charge in [-0.1, -0.05) is 0 Å². The van der Waals surface area contributed by atoms with Gasteiger partial charge >= 0.3 is 0 Å². The van der Waals surface area contributed by atoms with Crippen LogP contribution in [-0.4, -0.2) is 56.5 Å². The van der Waals surface area contributed by atoms with E-state index in [1.54, 1.807) is 38.7 Å². The predicted molar refractivity (Wildman–Crippen MR) is 128 cm³/mol. The maximum atomic E-state index is 14.1. The number of rotatable bonds is 5. The van der Waals surface area contributed by atoms with Crippen molar-refractivity contribution < 1.29 is 14.3 Å². The number of carbonyl (C=O) groups excluding carboxylic acids is 1. The van der Waals surface area contributed by atoms with Gasteiger partial charge in [-0.15, -0.1) is 0 Å². The number of benzene rings is 2. The number of nitrogens with one attached hydrogen (secondary N) is 1. The minimum Gasteiger partial charge on any atom is -0.493 e. The average Bonchev–Trinajstić information content (AvgIpc) is 3.58. The average molecular weight is 461 g/mol. The Morgan fingerprint density at radius 3 is 2.41 bits per heavy atom. The number of fused-ring (bicyclic) bond motifs is 1. The van der Waals surface area contributed by atoms with Crippen molar-refractivity contribution in [3.63, 3.8) is 0 Å². The molecule has 176 valence electrons. The largest absolute Gasteiger partial charge is 0.493 e. The van der Waals surface area contributed by atoms with Gasteiger partial charge in [0.25, 0.3) is 5.91 Å². The lowest BCUT2D eigenvalue weighted by Crippen LogP contribution is -2.44. The smallest absolute Gasteiger partial charge is 0.257 e. The number of hydrogen-bond donors (Lipinski definition) is 1. The van der Waals surface area contributed by atoms with Gasteiger partial charge in [-0.05, 0) is 62.9 Å². The van der Waals surface area contributed by atoms with Crippen LogP contribution in [0.3, 0.4) is 0 Å². The number of aromatic amines is 1. The van der Waals surface area contributed by atoms with Gasteiger partial charge in [0.2, 0.25) is 0 Å². The topological polar surface area (TPSA) is 98.2 Å². The summed E-state index contributed by atoms with van der Waals surface area (Å²) in [6.07, 6.45) is 4.83. The Balaban J connectivity index is 1.61. The van der Waals surface area contributed by atoms with Crippen molar-refractivity contribution in [2.75, 3.05) is 20.8 Å². The first-order valence-corrected chi connectivity index (χ1v) is 11.3. The molecule has 1 aliphatic rings. The molecule has 0 aliphatic carbocycles. The summed E-state index contributed by atoms with van der Waals surface area (Å²) in [5, 5.41) is 8.49. The maximum Gasteiger partial charge on any atom is 0.257 e. The highest BCUT2D eigenvalue weighted by molar-refractivity contribution is 5.99. The third-order valence-electron chi connectivity index (χ3n) is 6.86. The van der Waals surface area contributed by atoms with E-state index < -0.39 is 5.54 Å². The molecule has 0 bridgehead atoms. The Morgan fingerprint density at radius 2 is 1.71 bits per heavy atom. The molecule has 34 heavy (non-hydrogen) atoms. The molecule has 0 spiro atoms. The van der Waals surface area contributed by atoms with E-state index in [2.05, 4.69) is 48.1 Å². The number of H-pyrrole nitrogens is 1. The molecule has 5 rings (SSSR count). The molecule has 1 fully saturated rings. The van der Waals surface area contributed by atoms with Gasteiger partial charge in [0, 0.05) is 12.6 Å². The summed E-state index contributed by atoms with van der Waals surface area (Å²) in [5.41, 5.74) is 4.66. The van der Waals surface area contributed by atoms with Crippen LogP contribution in [0.4, 0.5) is 0 Å². The zero-order valence-electron chi connectivity index (χ0n) is 20.0. The molecule has 0 saturated carbocycles. The third-order valence-corrected chi connectivity index (χ3v) is 6.86.